The van der Waals surface area contributed by atoms with E-state index >= 15 is 0 Å². The van der Waals surface area contributed by atoms with Crippen LogP contribution in [0, 0.1) is 5.92 Å². The Labute approximate surface area is 199 Å². The number of nitrogens with one attached hydrogen (secondary N) is 1. The van der Waals surface area contributed by atoms with Gasteiger partial charge in [0.15, 0.2) is 0 Å². The number of aromatic nitrogens is 2. The zero-order chi connectivity index (χ0) is 23.5. The van der Waals surface area contributed by atoms with E-state index in [1.165, 1.54) is 38.6 Å². The minimum absolute atomic E-state index is 0.0397. The molecule has 1 saturated heterocycles. The van der Waals surface area contributed by atoms with Crippen LogP contribution in [-0.2, 0) is 6.54 Å². The largest absolute Gasteiger partial charge is 0.336 e. The van der Waals surface area contributed by atoms with Gasteiger partial charge in [0.1, 0.15) is 0 Å². The maximum Gasteiger partial charge on any atom is 0.329 e. The zero-order valence-corrected chi connectivity index (χ0v) is 19.5. The zero-order valence-electron chi connectivity index (χ0n) is 19.5. The van der Waals surface area contributed by atoms with Crippen molar-refractivity contribution in [2.45, 2.75) is 38.6 Å². The van der Waals surface area contributed by atoms with Gasteiger partial charge in [-0.05, 0) is 48.6 Å². The Morgan fingerprint density at radius 3 is 2.47 bits per heavy atom. The van der Waals surface area contributed by atoms with E-state index in [4.69, 9.17) is 0 Å². The van der Waals surface area contributed by atoms with Gasteiger partial charge in [-0.3, -0.25) is 24.0 Å². The molecule has 0 unspecified atom stereocenters. The second-order valence-corrected chi connectivity index (χ2v) is 9.66. The summed E-state index contributed by atoms with van der Waals surface area (Å²) >= 11 is 0. The highest BCUT2D eigenvalue weighted by molar-refractivity contribution is 5.94. The van der Waals surface area contributed by atoms with Crippen LogP contribution in [0.5, 0.6) is 0 Å². The van der Waals surface area contributed by atoms with Crippen LogP contribution in [0.2, 0.25) is 0 Å². The molecule has 1 N–H and O–H groups in total. The van der Waals surface area contributed by atoms with Crippen molar-refractivity contribution in [1.82, 2.24) is 19.4 Å². The summed E-state index contributed by atoms with van der Waals surface area (Å²) in [7, 11) is 0. The summed E-state index contributed by atoms with van der Waals surface area (Å²) in [6.45, 7) is 4.81. The molecule has 178 valence electrons. The molecular formula is C27H32N4O3. The topological polar surface area (TPSA) is 78.4 Å². The Bertz CT molecular complexity index is 1280. The lowest BCUT2D eigenvalue weighted by Gasteiger charge is -2.37. The lowest BCUT2D eigenvalue weighted by atomic mass is 9.89. The third-order valence-electron chi connectivity index (χ3n) is 7.32. The van der Waals surface area contributed by atoms with Gasteiger partial charge in [-0.1, -0.05) is 43.5 Å². The van der Waals surface area contributed by atoms with E-state index in [-0.39, 0.29) is 18.0 Å². The van der Waals surface area contributed by atoms with E-state index in [0.29, 0.717) is 16.5 Å². The molecule has 1 aromatic heterocycles. The molecule has 1 aliphatic heterocycles. The molecule has 3 aromatic rings. The van der Waals surface area contributed by atoms with Gasteiger partial charge in [-0.25, -0.2) is 4.79 Å². The first kappa shape index (κ1) is 22.6. The van der Waals surface area contributed by atoms with Gasteiger partial charge in [0, 0.05) is 38.3 Å². The van der Waals surface area contributed by atoms with Gasteiger partial charge in [0.05, 0.1) is 17.4 Å². The van der Waals surface area contributed by atoms with Crippen LogP contribution in [-0.4, -0.2) is 58.0 Å². The molecule has 0 spiro atoms. The minimum atomic E-state index is -0.450. The van der Waals surface area contributed by atoms with E-state index in [0.717, 1.165) is 37.7 Å². The SMILES string of the molecule is O=C(c1cccc(Cn2c(=O)[nH]c(=O)c3ccccc32)c1)N1CCN(CC2CCCCC2)CC1. The molecule has 7 nitrogen and oxygen atoms in total. The second-order valence-electron chi connectivity index (χ2n) is 9.66. The fourth-order valence-corrected chi connectivity index (χ4v) is 5.44. The molecule has 34 heavy (non-hydrogen) atoms. The Hall–Kier alpha value is -3.19. The molecule has 1 saturated carbocycles. The highest BCUT2D eigenvalue weighted by Gasteiger charge is 2.24. The number of rotatable bonds is 5. The van der Waals surface area contributed by atoms with Crippen LogP contribution >= 0.6 is 0 Å². The molecule has 1 aliphatic carbocycles. The van der Waals surface area contributed by atoms with Crippen LogP contribution in [0.4, 0.5) is 0 Å². The average Bonchev–Trinajstić information content (AvgIpc) is 2.87. The lowest BCUT2D eigenvalue weighted by molar-refractivity contribution is 0.0606. The number of amides is 1. The van der Waals surface area contributed by atoms with E-state index < -0.39 is 5.69 Å². The number of nitrogens with zero attached hydrogens (tertiary/aromatic N) is 3. The number of hydrogen-bond acceptors (Lipinski definition) is 4. The molecule has 2 aromatic carbocycles. The van der Waals surface area contributed by atoms with Crippen molar-refractivity contribution in [1.29, 1.82) is 0 Å². The average molecular weight is 461 g/mol. The van der Waals surface area contributed by atoms with Gasteiger partial charge in [0.25, 0.3) is 11.5 Å². The van der Waals surface area contributed by atoms with Crippen LogP contribution in [0.25, 0.3) is 10.9 Å². The predicted octanol–water partition coefficient (Wildman–Crippen LogP) is 3.08. The van der Waals surface area contributed by atoms with E-state index in [1.807, 2.05) is 35.2 Å². The summed E-state index contributed by atoms with van der Waals surface area (Å²) in [5.41, 5.74) is 1.24. The standard InChI is InChI=1S/C27H32N4O3/c32-25-23-11-4-5-12-24(23)31(27(34)28-25)19-21-9-6-10-22(17-21)26(33)30-15-13-29(14-16-30)18-20-7-2-1-3-8-20/h4-6,9-12,17,20H,1-3,7-8,13-16,18-19H2,(H,28,32,34). The molecule has 7 heteroatoms. The summed E-state index contributed by atoms with van der Waals surface area (Å²) < 4.78 is 1.55. The van der Waals surface area contributed by atoms with Crippen molar-refractivity contribution in [2.24, 2.45) is 5.92 Å². The van der Waals surface area contributed by atoms with Crippen molar-refractivity contribution in [2.75, 3.05) is 32.7 Å². The lowest BCUT2D eigenvalue weighted by Crippen LogP contribution is -2.49. The van der Waals surface area contributed by atoms with Crippen LogP contribution in [0.1, 0.15) is 48.0 Å². The molecule has 5 rings (SSSR count). The molecule has 1 amide bonds. The number of aromatic amines is 1. The van der Waals surface area contributed by atoms with Crippen molar-refractivity contribution >= 4 is 16.8 Å². The predicted molar refractivity (Wildman–Crippen MR) is 133 cm³/mol. The Morgan fingerprint density at radius 2 is 1.68 bits per heavy atom. The number of carbonyl (C=O) groups excluding carboxylic acids is 1. The highest BCUT2D eigenvalue weighted by atomic mass is 16.2. The first-order valence-corrected chi connectivity index (χ1v) is 12.4. The summed E-state index contributed by atoms with van der Waals surface area (Å²) in [6, 6.07) is 14.5. The van der Waals surface area contributed by atoms with E-state index in [9.17, 15) is 14.4 Å². The number of carbonyl (C=O) groups is 1. The molecule has 0 bridgehead atoms. The normalized spacial score (nSPS) is 17.8. The molecule has 2 fully saturated rings. The van der Waals surface area contributed by atoms with Gasteiger partial charge in [0.2, 0.25) is 0 Å². The van der Waals surface area contributed by atoms with E-state index in [1.54, 1.807) is 22.8 Å². The quantitative estimate of drug-likeness (QED) is 0.635. The Kier molecular flexibility index (Phi) is 6.63. The van der Waals surface area contributed by atoms with Crippen molar-refractivity contribution in [3.63, 3.8) is 0 Å². The highest BCUT2D eigenvalue weighted by Crippen LogP contribution is 2.25. The third kappa shape index (κ3) is 4.85. The fraction of sp³-hybridized carbons (Fsp3) is 0.444. The molecule has 0 radical (unpaired) electrons. The summed E-state index contributed by atoms with van der Waals surface area (Å²) in [4.78, 5) is 44.7. The number of hydrogen-bond donors (Lipinski definition) is 1. The summed E-state index contributed by atoms with van der Waals surface area (Å²) in [6.07, 6.45) is 6.80. The first-order chi connectivity index (χ1) is 16.6. The monoisotopic (exact) mass is 460 g/mol. The number of benzene rings is 2. The first-order valence-electron chi connectivity index (χ1n) is 12.4. The summed E-state index contributed by atoms with van der Waals surface area (Å²) in [5.74, 6) is 0.859. The smallest absolute Gasteiger partial charge is 0.329 e. The van der Waals surface area contributed by atoms with Crippen molar-refractivity contribution in [3.8, 4) is 0 Å². The fourth-order valence-electron chi connectivity index (χ4n) is 5.44. The number of piperazine rings is 1. The maximum atomic E-state index is 13.2. The number of fused-ring (bicyclic) bond motifs is 1. The summed E-state index contributed by atoms with van der Waals surface area (Å²) in [5, 5.41) is 0.473. The Balaban J connectivity index is 1.27. The van der Waals surface area contributed by atoms with Crippen molar-refractivity contribution < 1.29 is 4.79 Å². The van der Waals surface area contributed by atoms with E-state index in [2.05, 4.69) is 9.88 Å². The molecular weight excluding hydrogens is 428 g/mol. The van der Waals surface area contributed by atoms with Crippen LogP contribution in [0.15, 0.2) is 58.1 Å². The molecule has 2 aliphatic rings. The number of para-hydroxylation sites is 1. The van der Waals surface area contributed by atoms with Crippen molar-refractivity contribution in [3.05, 3.63) is 80.5 Å². The van der Waals surface area contributed by atoms with Gasteiger partial charge < -0.3 is 4.90 Å². The second kappa shape index (κ2) is 9.97. The minimum Gasteiger partial charge on any atom is -0.336 e. The Morgan fingerprint density at radius 1 is 0.912 bits per heavy atom. The maximum absolute atomic E-state index is 13.2. The molecule has 0 atom stereocenters. The van der Waals surface area contributed by atoms with Crippen LogP contribution < -0.4 is 11.2 Å². The van der Waals surface area contributed by atoms with Gasteiger partial charge in [-0.15, -0.1) is 0 Å². The van der Waals surface area contributed by atoms with Crippen LogP contribution in [0.3, 0.4) is 0 Å². The third-order valence-corrected chi connectivity index (χ3v) is 7.32. The molecule has 2 heterocycles. The van der Waals surface area contributed by atoms with Gasteiger partial charge in [-0.2, -0.15) is 0 Å². The van der Waals surface area contributed by atoms with Gasteiger partial charge >= 0.3 is 5.69 Å². The number of H-pyrrole nitrogens is 1.